The molecule has 0 aliphatic rings. The maximum Gasteiger partial charge on any atom is 0.336 e. The Balaban J connectivity index is 2.09. The van der Waals surface area contributed by atoms with Crippen LogP contribution in [-0.2, 0) is 0 Å². The maximum absolute atomic E-state index is 5.90. The molecular formula is C18H20N4O2. The molecule has 1 heterocycles. The minimum absolute atomic E-state index is 0.00888. The Morgan fingerprint density at radius 1 is 1.08 bits per heavy atom. The largest absolute Gasteiger partial charge is 0.497 e. The second-order valence-electron chi connectivity index (χ2n) is 5.62. The highest BCUT2D eigenvalue weighted by molar-refractivity contribution is 5.60. The molecule has 0 aliphatic heterocycles. The molecule has 3 rings (SSSR count). The molecule has 0 spiro atoms. The van der Waals surface area contributed by atoms with Gasteiger partial charge >= 0.3 is 6.01 Å². The van der Waals surface area contributed by atoms with Crippen LogP contribution in [0.4, 0.5) is 5.69 Å². The lowest BCUT2D eigenvalue weighted by Crippen LogP contribution is -2.07. The van der Waals surface area contributed by atoms with Crippen LogP contribution in [-0.4, -0.2) is 28.0 Å². The van der Waals surface area contributed by atoms with Crippen molar-refractivity contribution >= 4 is 5.69 Å². The quantitative estimate of drug-likeness (QED) is 0.729. The predicted octanol–water partition coefficient (Wildman–Crippen LogP) is 3.31. The van der Waals surface area contributed by atoms with Gasteiger partial charge in [-0.25, -0.2) is 4.68 Å². The van der Waals surface area contributed by atoms with Gasteiger partial charge in [-0.1, -0.05) is 6.07 Å². The summed E-state index contributed by atoms with van der Waals surface area (Å²) in [6, 6.07) is 15.5. The van der Waals surface area contributed by atoms with Crippen LogP contribution >= 0.6 is 0 Å². The van der Waals surface area contributed by atoms with Crippen molar-refractivity contribution < 1.29 is 9.47 Å². The Labute approximate surface area is 140 Å². The van der Waals surface area contributed by atoms with Crippen molar-refractivity contribution in [3.05, 3.63) is 48.5 Å². The van der Waals surface area contributed by atoms with Gasteiger partial charge in [-0.3, -0.25) is 0 Å². The molecule has 6 heteroatoms. The van der Waals surface area contributed by atoms with Gasteiger partial charge in [0.2, 0.25) is 0 Å². The minimum atomic E-state index is -0.00888. The summed E-state index contributed by atoms with van der Waals surface area (Å²) in [7, 11) is 1.64. The van der Waals surface area contributed by atoms with E-state index in [0.29, 0.717) is 17.5 Å². The Morgan fingerprint density at radius 3 is 2.46 bits per heavy atom. The number of rotatable bonds is 5. The summed E-state index contributed by atoms with van der Waals surface area (Å²) in [5, 5.41) is 4.48. The zero-order valence-corrected chi connectivity index (χ0v) is 13.9. The van der Waals surface area contributed by atoms with Gasteiger partial charge in [0.25, 0.3) is 0 Å². The third-order valence-electron chi connectivity index (χ3n) is 3.39. The molecule has 1 aromatic heterocycles. The molecule has 3 aromatic rings. The molecular weight excluding hydrogens is 304 g/mol. The van der Waals surface area contributed by atoms with E-state index in [1.54, 1.807) is 11.8 Å². The first-order valence-electron chi connectivity index (χ1n) is 7.71. The normalized spacial score (nSPS) is 10.8. The zero-order valence-electron chi connectivity index (χ0n) is 13.9. The highest BCUT2D eigenvalue weighted by Crippen LogP contribution is 2.26. The summed E-state index contributed by atoms with van der Waals surface area (Å²) in [6.45, 7) is 3.88. The van der Waals surface area contributed by atoms with Gasteiger partial charge in [0.15, 0.2) is 5.82 Å². The Hall–Kier alpha value is -3.02. The summed E-state index contributed by atoms with van der Waals surface area (Å²) in [5.41, 5.74) is 8.30. The Morgan fingerprint density at radius 2 is 1.83 bits per heavy atom. The van der Waals surface area contributed by atoms with Gasteiger partial charge < -0.3 is 15.2 Å². The number of methoxy groups -OCH3 is 1. The Kier molecular flexibility index (Phi) is 4.37. The van der Waals surface area contributed by atoms with Crippen LogP contribution in [0.3, 0.4) is 0 Å². The van der Waals surface area contributed by atoms with Crippen LogP contribution in [0.25, 0.3) is 17.1 Å². The number of nitrogens with two attached hydrogens (primary N) is 1. The second kappa shape index (κ2) is 6.62. The summed E-state index contributed by atoms with van der Waals surface area (Å²) in [4.78, 5) is 4.53. The maximum atomic E-state index is 5.90. The predicted molar refractivity (Wildman–Crippen MR) is 93.5 cm³/mol. The van der Waals surface area contributed by atoms with E-state index in [9.17, 15) is 0 Å². The van der Waals surface area contributed by atoms with Crippen molar-refractivity contribution in [3.8, 4) is 28.8 Å². The molecule has 0 radical (unpaired) electrons. The van der Waals surface area contributed by atoms with E-state index >= 15 is 0 Å². The van der Waals surface area contributed by atoms with E-state index in [2.05, 4.69) is 10.1 Å². The standard InChI is InChI=1S/C18H20N4O2/c1-12(2)24-18-20-17(13-7-9-16(23-3)10-8-13)22(21-18)15-6-4-5-14(19)11-15/h4-12H,19H2,1-3H3. The molecule has 0 aliphatic carbocycles. The van der Waals surface area contributed by atoms with Crippen LogP contribution in [0.2, 0.25) is 0 Å². The van der Waals surface area contributed by atoms with Crippen molar-refractivity contribution in [2.45, 2.75) is 20.0 Å². The number of nitrogen functional groups attached to an aromatic ring is 1. The van der Waals surface area contributed by atoms with E-state index in [1.165, 1.54) is 0 Å². The molecule has 124 valence electrons. The van der Waals surface area contributed by atoms with E-state index in [1.807, 2.05) is 62.4 Å². The van der Waals surface area contributed by atoms with E-state index in [4.69, 9.17) is 15.2 Å². The molecule has 2 aromatic carbocycles. The van der Waals surface area contributed by atoms with Gasteiger partial charge in [-0.05, 0) is 56.3 Å². The fourth-order valence-electron chi connectivity index (χ4n) is 2.32. The fourth-order valence-corrected chi connectivity index (χ4v) is 2.32. The van der Waals surface area contributed by atoms with E-state index < -0.39 is 0 Å². The number of hydrogen-bond donors (Lipinski definition) is 1. The van der Waals surface area contributed by atoms with Crippen molar-refractivity contribution in [1.29, 1.82) is 0 Å². The van der Waals surface area contributed by atoms with Crippen LogP contribution in [0, 0.1) is 0 Å². The van der Waals surface area contributed by atoms with Crippen molar-refractivity contribution in [2.24, 2.45) is 0 Å². The Bertz CT molecular complexity index is 825. The van der Waals surface area contributed by atoms with E-state index in [-0.39, 0.29) is 6.10 Å². The number of ether oxygens (including phenoxy) is 2. The molecule has 6 nitrogen and oxygen atoms in total. The number of hydrogen-bond acceptors (Lipinski definition) is 5. The molecule has 0 saturated heterocycles. The van der Waals surface area contributed by atoms with E-state index in [0.717, 1.165) is 17.0 Å². The second-order valence-corrected chi connectivity index (χ2v) is 5.62. The topological polar surface area (TPSA) is 75.2 Å². The smallest absolute Gasteiger partial charge is 0.336 e. The molecule has 0 amide bonds. The molecule has 0 saturated carbocycles. The molecule has 0 unspecified atom stereocenters. The lowest BCUT2D eigenvalue weighted by molar-refractivity contribution is 0.222. The fraction of sp³-hybridized carbons (Fsp3) is 0.222. The molecule has 2 N–H and O–H groups in total. The zero-order chi connectivity index (χ0) is 17.1. The van der Waals surface area contributed by atoms with Gasteiger partial charge in [-0.2, -0.15) is 4.98 Å². The van der Waals surface area contributed by atoms with Gasteiger partial charge in [0.1, 0.15) is 5.75 Å². The van der Waals surface area contributed by atoms with Crippen LogP contribution in [0.5, 0.6) is 11.8 Å². The average molecular weight is 324 g/mol. The van der Waals surface area contributed by atoms with Crippen molar-refractivity contribution in [2.75, 3.05) is 12.8 Å². The van der Waals surface area contributed by atoms with Crippen LogP contribution < -0.4 is 15.2 Å². The van der Waals surface area contributed by atoms with Gasteiger partial charge in [0.05, 0.1) is 18.9 Å². The highest BCUT2D eigenvalue weighted by Gasteiger charge is 2.15. The monoisotopic (exact) mass is 324 g/mol. The number of anilines is 1. The van der Waals surface area contributed by atoms with Crippen molar-refractivity contribution in [1.82, 2.24) is 14.8 Å². The molecule has 0 atom stereocenters. The average Bonchev–Trinajstić information content (AvgIpc) is 2.98. The third kappa shape index (κ3) is 3.32. The van der Waals surface area contributed by atoms with Crippen molar-refractivity contribution in [3.63, 3.8) is 0 Å². The first-order chi connectivity index (χ1) is 11.6. The third-order valence-corrected chi connectivity index (χ3v) is 3.39. The van der Waals surface area contributed by atoms with Crippen LogP contribution in [0.1, 0.15) is 13.8 Å². The number of aromatic nitrogens is 3. The summed E-state index contributed by atoms with van der Waals surface area (Å²) < 4.78 is 12.6. The molecule has 24 heavy (non-hydrogen) atoms. The minimum Gasteiger partial charge on any atom is -0.497 e. The van der Waals surface area contributed by atoms with Gasteiger partial charge in [-0.15, -0.1) is 5.10 Å². The van der Waals surface area contributed by atoms with Crippen LogP contribution in [0.15, 0.2) is 48.5 Å². The number of benzene rings is 2. The summed E-state index contributed by atoms with van der Waals surface area (Å²) in [5.74, 6) is 1.46. The lowest BCUT2D eigenvalue weighted by atomic mass is 10.2. The first-order valence-corrected chi connectivity index (χ1v) is 7.71. The lowest BCUT2D eigenvalue weighted by Gasteiger charge is -2.07. The number of nitrogens with zero attached hydrogens (tertiary/aromatic N) is 3. The molecule has 0 fully saturated rings. The first kappa shape index (κ1) is 15.9. The SMILES string of the molecule is COc1ccc(-c2nc(OC(C)C)nn2-c2cccc(N)c2)cc1. The summed E-state index contributed by atoms with van der Waals surface area (Å²) in [6.07, 6.45) is -0.00888. The molecule has 0 bridgehead atoms. The van der Waals surface area contributed by atoms with Gasteiger partial charge in [0, 0.05) is 11.3 Å². The summed E-state index contributed by atoms with van der Waals surface area (Å²) >= 11 is 0. The highest BCUT2D eigenvalue weighted by atomic mass is 16.5.